The minimum Gasteiger partial charge on any atom is -0.497 e. The molecule has 0 saturated heterocycles. The van der Waals surface area contributed by atoms with Crippen molar-refractivity contribution in [1.29, 1.82) is 0 Å². The zero-order valence-corrected chi connectivity index (χ0v) is 25.8. The molecule has 226 valence electrons. The summed E-state index contributed by atoms with van der Waals surface area (Å²) in [6.45, 7) is 7.63. The van der Waals surface area contributed by atoms with Crippen LogP contribution in [-0.2, 0) is 26.2 Å². The lowest BCUT2D eigenvalue weighted by atomic mass is 10.1. The number of carbonyl (C=O) groups excluding carboxylic acids is 2. The highest BCUT2D eigenvalue weighted by Gasteiger charge is 2.34. The molecule has 0 saturated carbocycles. The summed E-state index contributed by atoms with van der Waals surface area (Å²) in [7, 11) is -2.57. The molecular weight excluding hydrogens is 554 g/mol. The maximum atomic E-state index is 14.2. The molecule has 2 atom stereocenters. The van der Waals surface area contributed by atoms with E-state index < -0.39 is 28.5 Å². The molecule has 3 aromatic carbocycles. The first-order chi connectivity index (χ1) is 20.1. The second kappa shape index (κ2) is 15.3. The standard InChI is InChI=1S/C32H41N3O6S/c1-6-24(4)33-32(37)30(7-2)34(22-25-14-18-27(40-5)19-15-25)31(36)23-35(26-16-20-28(21-17-26)41-8-3)42(38,39)29-12-10-9-11-13-29/h9-21,24,30H,6-8,22-23H2,1-5H3,(H,33,37)/t24-,30+/m0/s1. The van der Waals surface area contributed by atoms with Crippen LogP contribution in [0.25, 0.3) is 0 Å². The van der Waals surface area contributed by atoms with Gasteiger partial charge in [0.15, 0.2) is 0 Å². The van der Waals surface area contributed by atoms with Crippen molar-refractivity contribution in [2.45, 2.75) is 64.1 Å². The van der Waals surface area contributed by atoms with Crippen LogP contribution in [0.2, 0.25) is 0 Å². The number of rotatable bonds is 15. The molecule has 42 heavy (non-hydrogen) atoms. The minimum absolute atomic E-state index is 0.0509. The van der Waals surface area contributed by atoms with Crippen LogP contribution in [0.3, 0.4) is 0 Å². The molecule has 10 heteroatoms. The fourth-order valence-corrected chi connectivity index (χ4v) is 5.85. The zero-order chi connectivity index (χ0) is 30.7. The van der Waals surface area contributed by atoms with Crippen molar-refractivity contribution in [1.82, 2.24) is 10.2 Å². The van der Waals surface area contributed by atoms with Gasteiger partial charge >= 0.3 is 0 Å². The number of hydrogen-bond donors (Lipinski definition) is 1. The van der Waals surface area contributed by atoms with E-state index in [2.05, 4.69) is 5.32 Å². The van der Waals surface area contributed by atoms with Gasteiger partial charge in [0.1, 0.15) is 24.1 Å². The molecular formula is C32H41N3O6S. The number of ether oxygens (including phenoxy) is 2. The molecule has 1 N–H and O–H groups in total. The topological polar surface area (TPSA) is 105 Å². The predicted octanol–water partition coefficient (Wildman–Crippen LogP) is 5.01. The van der Waals surface area contributed by atoms with E-state index in [0.717, 1.165) is 16.3 Å². The van der Waals surface area contributed by atoms with E-state index in [4.69, 9.17) is 9.47 Å². The van der Waals surface area contributed by atoms with Gasteiger partial charge in [-0.15, -0.1) is 0 Å². The predicted molar refractivity (Wildman–Crippen MR) is 164 cm³/mol. The fourth-order valence-electron chi connectivity index (χ4n) is 4.41. The summed E-state index contributed by atoms with van der Waals surface area (Å²) in [5, 5.41) is 2.98. The molecule has 0 spiro atoms. The van der Waals surface area contributed by atoms with E-state index >= 15 is 0 Å². The Morgan fingerprint density at radius 1 is 0.857 bits per heavy atom. The number of methoxy groups -OCH3 is 1. The number of anilines is 1. The molecule has 0 aromatic heterocycles. The van der Waals surface area contributed by atoms with Gasteiger partial charge in [0.05, 0.1) is 24.3 Å². The number of sulfonamides is 1. The van der Waals surface area contributed by atoms with Gasteiger partial charge in [-0.2, -0.15) is 0 Å². The highest BCUT2D eigenvalue weighted by atomic mass is 32.2. The van der Waals surface area contributed by atoms with Crippen LogP contribution in [0.1, 0.15) is 46.1 Å². The van der Waals surface area contributed by atoms with Gasteiger partial charge in [-0.1, -0.05) is 44.2 Å². The third kappa shape index (κ3) is 8.25. The third-order valence-corrected chi connectivity index (χ3v) is 8.73. The maximum Gasteiger partial charge on any atom is 0.264 e. The van der Waals surface area contributed by atoms with Gasteiger partial charge in [0.2, 0.25) is 11.8 Å². The molecule has 3 rings (SSSR count). The van der Waals surface area contributed by atoms with Crippen LogP contribution in [0.4, 0.5) is 5.69 Å². The minimum atomic E-state index is -4.14. The van der Waals surface area contributed by atoms with Crippen LogP contribution >= 0.6 is 0 Å². The third-order valence-electron chi connectivity index (χ3n) is 6.94. The summed E-state index contributed by atoms with van der Waals surface area (Å²) in [4.78, 5) is 29.0. The second-order valence-corrected chi connectivity index (χ2v) is 11.7. The SMILES string of the molecule is CCOc1ccc(N(CC(=O)N(Cc2ccc(OC)cc2)[C@H](CC)C(=O)N[C@@H](C)CC)S(=O)(=O)c2ccccc2)cc1. The zero-order valence-electron chi connectivity index (χ0n) is 24.9. The van der Waals surface area contributed by atoms with Crippen LogP contribution in [0, 0.1) is 0 Å². The van der Waals surface area contributed by atoms with Gasteiger partial charge in [0, 0.05) is 12.6 Å². The number of nitrogens with zero attached hydrogens (tertiary/aromatic N) is 2. The molecule has 3 aromatic rings. The lowest BCUT2D eigenvalue weighted by Crippen LogP contribution is -2.53. The largest absolute Gasteiger partial charge is 0.497 e. The highest BCUT2D eigenvalue weighted by Crippen LogP contribution is 2.27. The summed E-state index contributed by atoms with van der Waals surface area (Å²) in [5.74, 6) is 0.449. The van der Waals surface area contributed by atoms with E-state index in [1.807, 2.05) is 39.8 Å². The molecule has 9 nitrogen and oxygen atoms in total. The first kappa shape index (κ1) is 32.5. The van der Waals surface area contributed by atoms with Crippen molar-refractivity contribution in [2.75, 3.05) is 24.6 Å². The monoisotopic (exact) mass is 595 g/mol. The molecule has 2 amide bonds. The Morgan fingerprint density at radius 3 is 2.02 bits per heavy atom. The normalized spacial score (nSPS) is 12.6. The average Bonchev–Trinajstić information content (AvgIpc) is 3.00. The van der Waals surface area contributed by atoms with Crippen LogP contribution in [0.5, 0.6) is 11.5 Å². The van der Waals surface area contributed by atoms with E-state index in [1.165, 1.54) is 17.0 Å². The number of carbonyl (C=O) groups is 2. The van der Waals surface area contributed by atoms with Crippen LogP contribution in [0.15, 0.2) is 83.8 Å². The fraction of sp³-hybridized carbons (Fsp3) is 0.375. The number of amides is 2. The summed E-state index contributed by atoms with van der Waals surface area (Å²) in [6.07, 6.45) is 1.08. The van der Waals surface area contributed by atoms with Gasteiger partial charge < -0.3 is 19.7 Å². The summed E-state index contributed by atoms with van der Waals surface area (Å²) < 4.78 is 39.7. The van der Waals surface area contributed by atoms with Crippen molar-refractivity contribution in [3.05, 3.63) is 84.4 Å². The summed E-state index contributed by atoms with van der Waals surface area (Å²) >= 11 is 0. The Kier molecular flexibility index (Phi) is 11.8. The number of benzene rings is 3. The first-order valence-electron chi connectivity index (χ1n) is 14.2. The summed E-state index contributed by atoms with van der Waals surface area (Å²) in [6, 6.07) is 20.8. The Labute approximate surface area is 249 Å². The van der Waals surface area contributed by atoms with Crippen molar-refractivity contribution in [3.63, 3.8) is 0 Å². The van der Waals surface area contributed by atoms with Crippen molar-refractivity contribution < 1.29 is 27.5 Å². The maximum absolute atomic E-state index is 14.2. The number of nitrogens with one attached hydrogen (secondary N) is 1. The van der Waals surface area contributed by atoms with E-state index in [9.17, 15) is 18.0 Å². The van der Waals surface area contributed by atoms with Gasteiger partial charge in [-0.05, 0) is 80.8 Å². The van der Waals surface area contributed by atoms with Gasteiger partial charge in [0.25, 0.3) is 10.0 Å². The molecule has 0 aliphatic rings. The van der Waals surface area contributed by atoms with Crippen molar-refractivity contribution in [3.8, 4) is 11.5 Å². The highest BCUT2D eigenvalue weighted by molar-refractivity contribution is 7.92. The van der Waals surface area contributed by atoms with Crippen molar-refractivity contribution in [2.24, 2.45) is 0 Å². The van der Waals surface area contributed by atoms with Gasteiger partial charge in [-0.25, -0.2) is 8.42 Å². The Hall–Kier alpha value is -4.05. The van der Waals surface area contributed by atoms with E-state index in [1.54, 1.807) is 61.7 Å². The lowest BCUT2D eigenvalue weighted by Gasteiger charge is -2.33. The molecule has 0 radical (unpaired) electrons. The van der Waals surface area contributed by atoms with E-state index in [0.29, 0.717) is 30.2 Å². The van der Waals surface area contributed by atoms with Crippen LogP contribution < -0.4 is 19.1 Å². The smallest absolute Gasteiger partial charge is 0.264 e. The molecule has 0 unspecified atom stereocenters. The quantitative estimate of drug-likeness (QED) is 0.265. The summed E-state index contributed by atoms with van der Waals surface area (Å²) in [5.41, 5.74) is 1.08. The molecule has 0 aliphatic heterocycles. The first-order valence-corrected chi connectivity index (χ1v) is 15.6. The molecule has 0 aliphatic carbocycles. The van der Waals surface area contributed by atoms with Crippen molar-refractivity contribution >= 4 is 27.5 Å². The lowest BCUT2D eigenvalue weighted by molar-refractivity contribution is -0.140. The molecule has 0 heterocycles. The van der Waals surface area contributed by atoms with Gasteiger partial charge in [-0.3, -0.25) is 13.9 Å². The average molecular weight is 596 g/mol. The molecule has 0 bridgehead atoms. The van der Waals surface area contributed by atoms with Crippen LogP contribution in [-0.4, -0.2) is 57.5 Å². The Bertz CT molecular complexity index is 1400. The Morgan fingerprint density at radius 2 is 1.48 bits per heavy atom. The second-order valence-electron chi connectivity index (χ2n) is 9.86. The molecule has 0 fully saturated rings. The van der Waals surface area contributed by atoms with E-state index in [-0.39, 0.29) is 23.4 Å². The number of hydrogen-bond acceptors (Lipinski definition) is 6. The Balaban J connectivity index is 2.04.